The Labute approximate surface area is 107 Å². The van der Waals surface area contributed by atoms with E-state index in [2.05, 4.69) is 13.8 Å². The number of sulfonamides is 1. The second-order valence-electron chi connectivity index (χ2n) is 4.52. The highest BCUT2D eigenvalue weighted by molar-refractivity contribution is 7.89. The Bertz CT molecular complexity index is 500. The lowest BCUT2D eigenvalue weighted by Gasteiger charge is -2.09. The van der Waals surface area contributed by atoms with Gasteiger partial charge < -0.3 is 4.74 Å². The smallest absolute Gasteiger partial charge is 0.238 e. The van der Waals surface area contributed by atoms with E-state index in [1.165, 1.54) is 12.1 Å². The first-order chi connectivity index (χ1) is 8.30. The third-order valence-corrected chi connectivity index (χ3v) is 3.33. The Morgan fingerprint density at radius 2 is 2.06 bits per heavy atom. The molecule has 0 atom stereocenters. The molecule has 102 valence electrons. The maximum absolute atomic E-state index is 13.5. The van der Waals surface area contributed by atoms with Gasteiger partial charge in [0.1, 0.15) is 0 Å². The van der Waals surface area contributed by atoms with Crippen LogP contribution in [0.15, 0.2) is 23.1 Å². The molecule has 0 saturated heterocycles. The van der Waals surface area contributed by atoms with Crippen molar-refractivity contribution in [3.8, 4) is 5.75 Å². The molecule has 0 amide bonds. The van der Waals surface area contributed by atoms with Gasteiger partial charge in [-0.2, -0.15) is 0 Å². The average molecular weight is 275 g/mol. The Kier molecular flexibility index (Phi) is 5.10. The molecule has 0 fully saturated rings. The van der Waals surface area contributed by atoms with Crippen LogP contribution in [0.3, 0.4) is 0 Å². The first-order valence-corrected chi connectivity index (χ1v) is 7.30. The minimum Gasteiger partial charge on any atom is -0.491 e. The van der Waals surface area contributed by atoms with Crippen molar-refractivity contribution in [1.29, 1.82) is 0 Å². The van der Waals surface area contributed by atoms with Crippen molar-refractivity contribution in [2.45, 2.75) is 31.6 Å². The molecule has 0 aromatic heterocycles. The molecule has 4 nitrogen and oxygen atoms in total. The molecule has 18 heavy (non-hydrogen) atoms. The van der Waals surface area contributed by atoms with E-state index >= 15 is 0 Å². The first kappa shape index (κ1) is 14.9. The van der Waals surface area contributed by atoms with Crippen LogP contribution in [0.25, 0.3) is 0 Å². The predicted molar refractivity (Wildman–Crippen MR) is 67.3 cm³/mol. The second-order valence-corrected chi connectivity index (χ2v) is 6.08. The highest BCUT2D eigenvalue weighted by Gasteiger charge is 2.12. The topological polar surface area (TPSA) is 69.4 Å². The van der Waals surface area contributed by atoms with Crippen molar-refractivity contribution >= 4 is 10.0 Å². The van der Waals surface area contributed by atoms with Gasteiger partial charge >= 0.3 is 0 Å². The van der Waals surface area contributed by atoms with E-state index in [-0.39, 0.29) is 10.6 Å². The van der Waals surface area contributed by atoms with Gasteiger partial charge in [0.15, 0.2) is 11.6 Å². The van der Waals surface area contributed by atoms with Crippen LogP contribution < -0.4 is 9.88 Å². The van der Waals surface area contributed by atoms with Gasteiger partial charge in [-0.1, -0.05) is 13.8 Å². The SMILES string of the molecule is CC(C)CCCOc1ccc(S(N)(=O)=O)cc1F. The van der Waals surface area contributed by atoms with Gasteiger partial charge in [-0.05, 0) is 37.0 Å². The number of nitrogens with two attached hydrogens (primary N) is 1. The molecule has 0 radical (unpaired) electrons. The fourth-order valence-corrected chi connectivity index (χ4v) is 1.97. The number of ether oxygens (including phenoxy) is 1. The average Bonchev–Trinajstić information content (AvgIpc) is 2.24. The number of hydrogen-bond donors (Lipinski definition) is 1. The second kappa shape index (κ2) is 6.15. The lowest BCUT2D eigenvalue weighted by atomic mass is 10.1. The van der Waals surface area contributed by atoms with Crippen LogP contribution >= 0.6 is 0 Å². The normalized spacial score (nSPS) is 11.8. The van der Waals surface area contributed by atoms with Gasteiger partial charge in [-0.25, -0.2) is 17.9 Å². The van der Waals surface area contributed by atoms with E-state index in [4.69, 9.17) is 9.88 Å². The summed E-state index contributed by atoms with van der Waals surface area (Å²) in [6.07, 6.45) is 1.82. The van der Waals surface area contributed by atoms with E-state index < -0.39 is 15.8 Å². The molecule has 0 spiro atoms. The highest BCUT2D eigenvalue weighted by atomic mass is 32.2. The molecule has 1 rings (SSSR count). The minimum absolute atomic E-state index is 0.0474. The number of benzene rings is 1. The van der Waals surface area contributed by atoms with Gasteiger partial charge in [-0.3, -0.25) is 0 Å². The summed E-state index contributed by atoms with van der Waals surface area (Å²) in [6.45, 7) is 4.60. The summed E-state index contributed by atoms with van der Waals surface area (Å²) in [6, 6.07) is 3.38. The van der Waals surface area contributed by atoms with Gasteiger partial charge in [0.25, 0.3) is 0 Å². The minimum atomic E-state index is -3.87. The summed E-state index contributed by atoms with van der Waals surface area (Å²) < 4.78 is 40.8. The summed E-state index contributed by atoms with van der Waals surface area (Å²) in [5, 5.41) is 4.90. The van der Waals surface area contributed by atoms with E-state index in [0.717, 1.165) is 18.9 Å². The molecule has 0 saturated carbocycles. The summed E-state index contributed by atoms with van der Waals surface area (Å²) in [5.74, 6) is -0.0968. The van der Waals surface area contributed by atoms with Crippen LogP contribution in [-0.4, -0.2) is 15.0 Å². The van der Waals surface area contributed by atoms with Gasteiger partial charge in [0.2, 0.25) is 10.0 Å². The zero-order chi connectivity index (χ0) is 13.8. The lowest BCUT2D eigenvalue weighted by molar-refractivity contribution is 0.284. The number of hydrogen-bond acceptors (Lipinski definition) is 3. The van der Waals surface area contributed by atoms with Crippen LogP contribution in [0.5, 0.6) is 5.75 Å². The molecule has 0 aliphatic heterocycles. The predicted octanol–water partition coefficient (Wildman–Crippen LogP) is 2.29. The van der Waals surface area contributed by atoms with Crippen LogP contribution in [0, 0.1) is 11.7 Å². The van der Waals surface area contributed by atoms with Gasteiger partial charge in [0, 0.05) is 0 Å². The molecule has 2 N–H and O–H groups in total. The third-order valence-electron chi connectivity index (χ3n) is 2.42. The number of halogens is 1. The Morgan fingerprint density at radius 3 is 2.56 bits per heavy atom. The molecule has 1 aromatic rings. The molecule has 0 bridgehead atoms. The van der Waals surface area contributed by atoms with Crippen molar-refractivity contribution in [3.63, 3.8) is 0 Å². The monoisotopic (exact) mass is 275 g/mol. The quantitative estimate of drug-likeness (QED) is 0.810. The van der Waals surface area contributed by atoms with Crippen molar-refractivity contribution in [2.24, 2.45) is 11.1 Å². The van der Waals surface area contributed by atoms with E-state index in [1.54, 1.807) is 0 Å². The standard InChI is InChI=1S/C12H18FNO3S/c1-9(2)4-3-7-17-12-6-5-10(8-11(12)13)18(14,15)16/h5-6,8-9H,3-4,7H2,1-2H3,(H2,14,15,16). The fourth-order valence-electron chi connectivity index (χ4n) is 1.45. The molecular weight excluding hydrogens is 257 g/mol. The van der Waals surface area contributed by atoms with E-state index in [0.29, 0.717) is 12.5 Å². The number of primary sulfonamides is 1. The third kappa shape index (κ3) is 4.62. The van der Waals surface area contributed by atoms with Crippen LogP contribution in [-0.2, 0) is 10.0 Å². The van der Waals surface area contributed by atoms with Crippen LogP contribution in [0.2, 0.25) is 0 Å². The first-order valence-electron chi connectivity index (χ1n) is 5.76. The van der Waals surface area contributed by atoms with Crippen molar-refractivity contribution in [3.05, 3.63) is 24.0 Å². The molecule has 1 aromatic carbocycles. The zero-order valence-corrected chi connectivity index (χ0v) is 11.3. The largest absolute Gasteiger partial charge is 0.491 e. The maximum atomic E-state index is 13.5. The summed E-state index contributed by atoms with van der Waals surface area (Å²) in [4.78, 5) is -0.255. The molecular formula is C12H18FNO3S. The van der Waals surface area contributed by atoms with Crippen LogP contribution in [0.1, 0.15) is 26.7 Å². The Balaban J connectivity index is 2.64. The molecule has 6 heteroatoms. The van der Waals surface area contributed by atoms with E-state index in [9.17, 15) is 12.8 Å². The number of rotatable bonds is 6. The summed E-state index contributed by atoms with van der Waals surface area (Å²) in [5.41, 5.74) is 0. The van der Waals surface area contributed by atoms with Gasteiger partial charge in [0.05, 0.1) is 11.5 Å². The van der Waals surface area contributed by atoms with Crippen molar-refractivity contribution in [1.82, 2.24) is 0 Å². The molecule has 0 aliphatic carbocycles. The van der Waals surface area contributed by atoms with Crippen molar-refractivity contribution in [2.75, 3.05) is 6.61 Å². The molecule has 0 unspecified atom stereocenters. The van der Waals surface area contributed by atoms with E-state index in [1.807, 2.05) is 0 Å². The lowest BCUT2D eigenvalue weighted by Crippen LogP contribution is -2.12. The highest BCUT2D eigenvalue weighted by Crippen LogP contribution is 2.20. The fraction of sp³-hybridized carbons (Fsp3) is 0.500. The maximum Gasteiger partial charge on any atom is 0.238 e. The zero-order valence-electron chi connectivity index (χ0n) is 10.5. The van der Waals surface area contributed by atoms with Crippen molar-refractivity contribution < 1.29 is 17.5 Å². The summed E-state index contributed by atoms with van der Waals surface area (Å²) >= 11 is 0. The Morgan fingerprint density at radius 1 is 1.39 bits per heavy atom. The molecule has 0 aliphatic rings. The molecule has 0 heterocycles. The van der Waals surface area contributed by atoms with Gasteiger partial charge in [-0.15, -0.1) is 0 Å². The summed E-state index contributed by atoms with van der Waals surface area (Å²) in [7, 11) is -3.87. The Hall–Kier alpha value is -1.14. The van der Waals surface area contributed by atoms with Crippen LogP contribution in [0.4, 0.5) is 4.39 Å².